The predicted molar refractivity (Wildman–Crippen MR) is 71.6 cm³/mol. The zero-order chi connectivity index (χ0) is 12.5. The van der Waals surface area contributed by atoms with Gasteiger partial charge in [0.2, 0.25) is 5.88 Å². The molecule has 2 nitrogen and oxygen atoms in total. The van der Waals surface area contributed by atoms with Gasteiger partial charge < -0.3 is 4.74 Å². The molecule has 0 radical (unpaired) electrons. The molecular weight excluding hydrogens is 210 g/mol. The fraction of sp³-hybridized carbons (Fsp3) is 0.400. The van der Waals surface area contributed by atoms with Crippen molar-refractivity contribution in [2.24, 2.45) is 0 Å². The Morgan fingerprint density at radius 1 is 1.12 bits per heavy atom. The molecule has 17 heavy (non-hydrogen) atoms. The molecule has 1 aromatic heterocycles. The highest BCUT2D eigenvalue weighted by Gasteiger charge is 2.16. The first kappa shape index (κ1) is 11.9. The van der Waals surface area contributed by atoms with Crippen LogP contribution in [0.1, 0.15) is 33.3 Å². The minimum atomic E-state index is 0.133. The molecule has 2 heteroatoms. The first-order valence-corrected chi connectivity index (χ1v) is 6.05. The number of hydrogen-bond acceptors (Lipinski definition) is 2. The zero-order valence-electron chi connectivity index (χ0n) is 10.9. The van der Waals surface area contributed by atoms with Gasteiger partial charge in [-0.05, 0) is 30.0 Å². The second-order valence-corrected chi connectivity index (χ2v) is 5.20. The van der Waals surface area contributed by atoms with Crippen molar-refractivity contribution in [3.8, 4) is 5.88 Å². The number of ether oxygens (including phenoxy) is 1. The summed E-state index contributed by atoms with van der Waals surface area (Å²) in [5.41, 5.74) is 2.46. The fourth-order valence-electron chi connectivity index (χ4n) is 2.02. The molecule has 1 aromatic carbocycles. The lowest BCUT2D eigenvalue weighted by atomic mass is 9.84. The largest absolute Gasteiger partial charge is 0.478 e. The van der Waals surface area contributed by atoms with Crippen molar-refractivity contribution in [2.75, 3.05) is 6.61 Å². The molecule has 0 aliphatic carbocycles. The van der Waals surface area contributed by atoms with Crippen LogP contribution in [-0.4, -0.2) is 11.6 Å². The lowest BCUT2D eigenvalue weighted by Crippen LogP contribution is -2.11. The van der Waals surface area contributed by atoms with Crippen molar-refractivity contribution in [1.29, 1.82) is 0 Å². The van der Waals surface area contributed by atoms with Crippen molar-refractivity contribution >= 4 is 10.9 Å². The Labute approximate surface area is 103 Å². The van der Waals surface area contributed by atoms with Gasteiger partial charge in [-0.3, -0.25) is 0 Å². The molecular formula is C15H19NO. The summed E-state index contributed by atoms with van der Waals surface area (Å²) in [6.07, 6.45) is 0. The molecule has 0 aliphatic rings. The molecule has 0 aliphatic heterocycles. The smallest absolute Gasteiger partial charge is 0.213 e. The summed E-state index contributed by atoms with van der Waals surface area (Å²) in [6, 6.07) is 10.3. The number of hydrogen-bond donors (Lipinski definition) is 0. The van der Waals surface area contributed by atoms with E-state index in [4.69, 9.17) is 4.74 Å². The molecule has 0 N–H and O–H groups in total. The van der Waals surface area contributed by atoms with E-state index < -0.39 is 0 Å². The first-order chi connectivity index (χ1) is 8.02. The van der Waals surface area contributed by atoms with Crippen LogP contribution in [0.25, 0.3) is 10.9 Å². The van der Waals surface area contributed by atoms with Gasteiger partial charge in [-0.1, -0.05) is 32.9 Å². The predicted octanol–water partition coefficient (Wildman–Crippen LogP) is 3.93. The minimum absolute atomic E-state index is 0.133. The molecule has 0 unspecified atom stereocenters. The number of aromatic nitrogens is 1. The van der Waals surface area contributed by atoms with Crippen molar-refractivity contribution < 1.29 is 4.74 Å². The summed E-state index contributed by atoms with van der Waals surface area (Å²) >= 11 is 0. The molecule has 2 aromatic rings. The average Bonchev–Trinajstić information content (AvgIpc) is 2.27. The zero-order valence-corrected chi connectivity index (χ0v) is 10.9. The third-order valence-corrected chi connectivity index (χ3v) is 2.81. The van der Waals surface area contributed by atoms with Gasteiger partial charge in [0.1, 0.15) is 0 Å². The van der Waals surface area contributed by atoms with Gasteiger partial charge in [-0.25, -0.2) is 4.98 Å². The number of fused-ring (bicyclic) bond motifs is 1. The van der Waals surface area contributed by atoms with Crippen molar-refractivity contribution in [1.82, 2.24) is 4.98 Å². The molecule has 0 fully saturated rings. The number of pyridine rings is 1. The third-order valence-electron chi connectivity index (χ3n) is 2.81. The molecule has 1 heterocycles. The van der Waals surface area contributed by atoms with E-state index in [2.05, 4.69) is 44.0 Å². The standard InChI is InChI=1S/C15H19NO/c1-5-17-14-10-9-11-12(15(2,3)4)7-6-8-13(11)16-14/h6-10H,5H2,1-4H3. The maximum Gasteiger partial charge on any atom is 0.213 e. The van der Waals surface area contributed by atoms with Gasteiger partial charge in [0.25, 0.3) is 0 Å². The molecule has 0 atom stereocenters. The molecule has 0 amide bonds. The maximum atomic E-state index is 5.43. The summed E-state index contributed by atoms with van der Waals surface area (Å²) < 4.78 is 5.43. The van der Waals surface area contributed by atoms with Gasteiger partial charge in [0.15, 0.2) is 0 Å². The van der Waals surface area contributed by atoms with Crippen LogP contribution in [0.15, 0.2) is 30.3 Å². The van der Waals surface area contributed by atoms with Crippen LogP contribution < -0.4 is 4.74 Å². The van der Waals surface area contributed by atoms with Gasteiger partial charge in [0.05, 0.1) is 12.1 Å². The van der Waals surface area contributed by atoms with E-state index in [1.54, 1.807) is 0 Å². The molecule has 2 rings (SSSR count). The van der Waals surface area contributed by atoms with E-state index in [1.165, 1.54) is 10.9 Å². The molecule has 0 bridgehead atoms. The average molecular weight is 229 g/mol. The van der Waals surface area contributed by atoms with Gasteiger partial charge in [-0.2, -0.15) is 0 Å². The van der Waals surface area contributed by atoms with Crippen molar-refractivity contribution in [3.63, 3.8) is 0 Å². The van der Waals surface area contributed by atoms with E-state index in [-0.39, 0.29) is 5.41 Å². The first-order valence-electron chi connectivity index (χ1n) is 6.05. The Morgan fingerprint density at radius 3 is 2.53 bits per heavy atom. The Balaban J connectivity index is 2.59. The van der Waals surface area contributed by atoms with E-state index in [0.717, 1.165) is 5.52 Å². The lowest BCUT2D eigenvalue weighted by Gasteiger charge is -2.21. The molecule has 0 saturated carbocycles. The van der Waals surface area contributed by atoms with E-state index >= 15 is 0 Å². The maximum absolute atomic E-state index is 5.43. The van der Waals surface area contributed by atoms with Crippen LogP contribution in [0.4, 0.5) is 0 Å². The highest BCUT2D eigenvalue weighted by atomic mass is 16.5. The quantitative estimate of drug-likeness (QED) is 0.778. The summed E-state index contributed by atoms with van der Waals surface area (Å²) in [5.74, 6) is 0.700. The Hall–Kier alpha value is -1.57. The monoisotopic (exact) mass is 229 g/mol. The highest BCUT2D eigenvalue weighted by molar-refractivity contribution is 5.83. The van der Waals surface area contributed by atoms with Crippen LogP contribution >= 0.6 is 0 Å². The molecule has 0 saturated heterocycles. The summed E-state index contributed by atoms with van der Waals surface area (Å²) in [7, 11) is 0. The number of benzene rings is 1. The van der Waals surface area contributed by atoms with Crippen molar-refractivity contribution in [3.05, 3.63) is 35.9 Å². The van der Waals surface area contributed by atoms with Crippen LogP contribution in [0.3, 0.4) is 0 Å². The Morgan fingerprint density at radius 2 is 1.88 bits per heavy atom. The van der Waals surface area contributed by atoms with Crippen LogP contribution in [-0.2, 0) is 5.41 Å². The summed E-state index contributed by atoms with van der Waals surface area (Å²) in [4.78, 5) is 4.52. The highest BCUT2D eigenvalue weighted by Crippen LogP contribution is 2.30. The molecule has 90 valence electrons. The van der Waals surface area contributed by atoms with Crippen molar-refractivity contribution in [2.45, 2.75) is 33.1 Å². The minimum Gasteiger partial charge on any atom is -0.478 e. The molecule has 0 spiro atoms. The van der Waals surface area contributed by atoms with E-state index in [9.17, 15) is 0 Å². The van der Waals surface area contributed by atoms with Crippen LogP contribution in [0, 0.1) is 0 Å². The summed E-state index contributed by atoms with van der Waals surface area (Å²) in [5, 5.41) is 1.21. The number of rotatable bonds is 2. The van der Waals surface area contributed by atoms with E-state index in [0.29, 0.717) is 12.5 Å². The third kappa shape index (κ3) is 2.41. The second kappa shape index (κ2) is 4.36. The fourth-order valence-corrected chi connectivity index (χ4v) is 2.02. The lowest BCUT2D eigenvalue weighted by molar-refractivity contribution is 0.328. The Bertz CT molecular complexity index is 526. The topological polar surface area (TPSA) is 22.1 Å². The normalized spacial score (nSPS) is 11.8. The van der Waals surface area contributed by atoms with Gasteiger partial charge in [0, 0.05) is 11.5 Å². The summed E-state index contributed by atoms with van der Waals surface area (Å²) in [6.45, 7) is 9.28. The van der Waals surface area contributed by atoms with E-state index in [1.807, 2.05) is 19.1 Å². The van der Waals surface area contributed by atoms with Crippen LogP contribution in [0.5, 0.6) is 5.88 Å². The van der Waals surface area contributed by atoms with Gasteiger partial charge in [-0.15, -0.1) is 0 Å². The van der Waals surface area contributed by atoms with Crippen LogP contribution in [0.2, 0.25) is 0 Å². The van der Waals surface area contributed by atoms with Gasteiger partial charge >= 0.3 is 0 Å². The second-order valence-electron chi connectivity index (χ2n) is 5.20. The Kier molecular flexibility index (Phi) is 3.05. The number of nitrogens with zero attached hydrogens (tertiary/aromatic N) is 1. The SMILES string of the molecule is CCOc1ccc2c(C(C)(C)C)cccc2n1.